The van der Waals surface area contributed by atoms with Gasteiger partial charge in [0.25, 0.3) is 11.5 Å². The Bertz CT molecular complexity index is 908. The number of rotatable bonds is 4. The summed E-state index contributed by atoms with van der Waals surface area (Å²) in [5.74, 6) is 5.05. The minimum atomic E-state index is -0.661. The summed E-state index contributed by atoms with van der Waals surface area (Å²) >= 11 is 0. The number of hydrazine groups is 1. The second-order valence-corrected chi connectivity index (χ2v) is 4.83. The average molecular weight is 322 g/mol. The number of nitrogens with one attached hydrogen (secondary N) is 1. The summed E-state index contributed by atoms with van der Waals surface area (Å²) in [4.78, 5) is 24.4. The number of carbonyl (C=O) groups is 1. The second-order valence-electron chi connectivity index (χ2n) is 4.83. The highest BCUT2D eigenvalue weighted by Crippen LogP contribution is 2.22. The molecule has 1 heterocycles. The zero-order valence-electron chi connectivity index (χ0n) is 12.5. The minimum absolute atomic E-state index is 0.0290. The van der Waals surface area contributed by atoms with Gasteiger partial charge in [-0.3, -0.25) is 15.0 Å². The monoisotopic (exact) mass is 322 g/mol. The van der Waals surface area contributed by atoms with Crippen LogP contribution in [-0.4, -0.2) is 15.7 Å². The molecule has 3 N–H and O–H groups in total. The van der Waals surface area contributed by atoms with Crippen LogP contribution in [0.15, 0.2) is 71.5 Å². The largest absolute Gasteiger partial charge is 0.455 e. The summed E-state index contributed by atoms with van der Waals surface area (Å²) in [6, 6.07) is 18.7. The fraction of sp³-hybridized carbons (Fsp3) is 0. The highest BCUT2D eigenvalue weighted by atomic mass is 16.5. The van der Waals surface area contributed by atoms with Gasteiger partial charge in [0.15, 0.2) is 11.4 Å². The number of nitrogen functional groups attached to an aromatic ring is 1. The molecule has 1 aromatic heterocycles. The van der Waals surface area contributed by atoms with E-state index in [0.717, 1.165) is 4.68 Å². The van der Waals surface area contributed by atoms with Gasteiger partial charge in [0.2, 0.25) is 0 Å². The summed E-state index contributed by atoms with van der Waals surface area (Å²) in [5.41, 5.74) is 2.01. The molecule has 24 heavy (non-hydrogen) atoms. The first-order chi connectivity index (χ1) is 11.7. The molecule has 0 spiro atoms. The van der Waals surface area contributed by atoms with Crippen LogP contribution in [-0.2, 0) is 0 Å². The number of amides is 1. The molecule has 7 heteroatoms. The van der Waals surface area contributed by atoms with Crippen LogP contribution in [0.5, 0.6) is 11.5 Å². The van der Waals surface area contributed by atoms with E-state index in [1.807, 2.05) is 17.6 Å². The maximum atomic E-state index is 12.4. The molecule has 0 fully saturated rings. The Morgan fingerprint density at radius 1 is 1.04 bits per heavy atom. The quantitative estimate of drug-likeness (QED) is 0.432. The molecular formula is C17H14N4O3. The van der Waals surface area contributed by atoms with Crippen molar-refractivity contribution >= 4 is 5.91 Å². The third-order valence-electron chi connectivity index (χ3n) is 3.21. The standard InChI is InChI=1S/C17H14N4O3/c18-19-17(23)16-14(24-13-9-5-2-6-10-13)11-15(22)21(20-16)12-7-3-1-4-8-12/h1-11H,18H2,(H,19,23). The van der Waals surface area contributed by atoms with Gasteiger partial charge in [-0.1, -0.05) is 36.4 Å². The third kappa shape index (κ3) is 3.16. The van der Waals surface area contributed by atoms with Gasteiger partial charge in [-0.15, -0.1) is 0 Å². The fourth-order valence-electron chi connectivity index (χ4n) is 2.11. The number of aromatic nitrogens is 2. The van der Waals surface area contributed by atoms with Crippen LogP contribution < -0.4 is 21.6 Å². The molecule has 0 atom stereocenters. The molecule has 7 nitrogen and oxygen atoms in total. The van der Waals surface area contributed by atoms with E-state index in [2.05, 4.69) is 5.10 Å². The minimum Gasteiger partial charge on any atom is -0.455 e. The molecule has 0 unspecified atom stereocenters. The van der Waals surface area contributed by atoms with Crippen LogP contribution >= 0.6 is 0 Å². The molecule has 0 radical (unpaired) electrons. The van der Waals surface area contributed by atoms with Crippen molar-refractivity contribution in [2.75, 3.05) is 0 Å². The van der Waals surface area contributed by atoms with E-state index in [-0.39, 0.29) is 11.4 Å². The lowest BCUT2D eigenvalue weighted by Gasteiger charge is -2.12. The normalized spacial score (nSPS) is 10.2. The Morgan fingerprint density at radius 2 is 1.67 bits per heavy atom. The predicted octanol–water partition coefficient (Wildman–Crippen LogP) is 1.63. The van der Waals surface area contributed by atoms with Crippen molar-refractivity contribution < 1.29 is 9.53 Å². The lowest BCUT2D eigenvalue weighted by atomic mass is 10.3. The Labute approximate surface area is 137 Å². The molecule has 0 aliphatic carbocycles. The smallest absolute Gasteiger partial charge is 0.289 e. The van der Waals surface area contributed by atoms with E-state index in [1.165, 1.54) is 6.07 Å². The van der Waals surface area contributed by atoms with Gasteiger partial charge in [-0.05, 0) is 24.3 Å². The maximum absolute atomic E-state index is 12.4. The van der Waals surface area contributed by atoms with E-state index in [0.29, 0.717) is 11.4 Å². The van der Waals surface area contributed by atoms with Gasteiger partial charge >= 0.3 is 0 Å². The van der Waals surface area contributed by atoms with Crippen LogP contribution in [0, 0.1) is 0 Å². The molecule has 0 aliphatic rings. The predicted molar refractivity (Wildman–Crippen MR) is 88.0 cm³/mol. The second kappa shape index (κ2) is 6.76. The van der Waals surface area contributed by atoms with Crippen LogP contribution in [0.4, 0.5) is 0 Å². The highest BCUT2D eigenvalue weighted by molar-refractivity contribution is 5.94. The van der Waals surface area contributed by atoms with Crippen LogP contribution in [0.1, 0.15) is 10.5 Å². The first-order valence-corrected chi connectivity index (χ1v) is 7.12. The number of hydrogen-bond donors (Lipinski definition) is 2. The Balaban J connectivity index is 2.11. The molecule has 120 valence electrons. The first kappa shape index (κ1) is 15.4. The molecule has 0 saturated heterocycles. The van der Waals surface area contributed by atoms with Gasteiger partial charge in [0, 0.05) is 0 Å². The van der Waals surface area contributed by atoms with Gasteiger partial charge in [0.05, 0.1) is 11.8 Å². The first-order valence-electron chi connectivity index (χ1n) is 7.12. The Hall–Kier alpha value is -3.45. The topological polar surface area (TPSA) is 99.2 Å². The van der Waals surface area contributed by atoms with Crippen molar-refractivity contribution in [1.82, 2.24) is 15.2 Å². The zero-order valence-corrected chi connectivity index (χ0v) is 12.5. The number of carbonyl (C=O) groups excluding carboxylic acids is 1. The van der Waals surface area contributed by atoms with Gasteiger partial charge in [0.1, 0.15) is 5.75 Å². The number of ether oxygens (including phenoxy) is 1. The summed E-state index contributed by atoms with van der Waals surface area (Å²) in [5, 5.41) is 4.10. The Morgan fingerprint density at radius 3 is 2.29 bits per heavy atom. The van der Waals surface area contributed by atoms with E-state index in [9.17, 15) is 9.59 Å². The van der Waals surface area contributed by atoms with Crippen molar-refractivity contribution in [3.63, 3.8) is 0 Å². The summed E-state index contributed by atoms with van der Waals surface area (Å²) in [6.07, 6.45) is 0. The van der Waals surface area contributed by atoms with Gasteiger partial charge in [-0.25, -0.2) is 5.84 Å². The van der Waals surface area contributed by atoms with Crippen molar-refractivity contribution in [3.8, 4) is 17.2 Å². The van der Waals surface area contributed by atoms with Gasteiger partial charge < -0.3 is 4.74 Å². The molecule has 1 amide bonds. The van der Waals surface area contributed by atoms with E-state index >= 15 is 0 Å². The van der Waals surface area contributed by atoms with Crippen molar-refractivity contribution in [1.29, 1.82) is 0 Å². The van der Waals surface area contributed by atoms with Crippen LogP contribution in [0.3, 0.4) is 0 Å². The third-order valence-corrected chi connectivity index (χ3v) is 3.21. The number of hydrogen-bond acceptors (Lipinski definition) is 5. The number of nitrogens with two attached hydrogens (primary N) is 1. The summed E-state index contributed by atoms with van der Waals surface area (Å²) in [7, 11) is 0. The molecular weight excluding hydrogens is 308 g/mol. The number of para-hydroxylation sites is 2. The molecule has 0 aliphatic heterocycles. The van der Waals surface area contributed by atoms with Crippen molar-refractivity contribution in [2.45, 2.75) is 0 Å². The Kier molecular flexibility index (Phi) is 4.35. The SMILES string of the molecule is NNC(=O)c1nn(-c2ccccc2)c(=O)cc1Oc1ccccc1. The maximum Gasteiger partial charge on any atom is 0.289 e. The summed E-state index contributed by atoms with van der Waals surface area (Å²) < 4.78 is 6.73. The molecule has 3 aromatic rings. The number of nitrogens with zero attached hydrogens (tertiary/aromatic N) is 2. The molecule has 0 bridgehead atoms. The fourth-order valence-corrected chi connectivity index (χ4v) is 2.11. The van der Waals surface area contributed by atoms with E-state index in [1.54, 1.807) is 48.5 Å². The summed E-state index contributed by atoms with van der Waals surface area (Å²) in [6.45, 7) is 0. The van der Waals surface area contributed by atoms with E-state index in [4.69, 9.17) is 10.6 Å². The molecule has 2 aromatic carbocycles. The molecule has 0 saturated carbocycles. The van der Waals surface area contributed by atoms with Crippen LogP contribution in [0.25, 0.3) is 5.69 Å². The van der Waals surface area contributed by atoms with Gasteiger partial charge in [-0.2, -0.15) is 9.78 Å². The van der Waals surface area contributed by atoms with Crippen molar-refractivity contribution in [2.24, 2.45) is 5.84 Å². The lowest BCUT2D eigenvalue weighted by molar-refractivity contribution is 0.0944. The van der Waals surface area contributed by atoms with Crippen molar-refractivity contribution in [3.05, 3.63) is 82.8 Å². The van der Waals surface area contributed by atoms with Crippen LogP contribution in [0.2, 0.25) is 0 Å². The molecule has 3 rings (SSSR count). The zero-order chi connectivity index (χ0) is 16.9. The highest BCUT2D eigenvalue weighted by Gasteiger charge is 2.18. The average Bonchev–Trinajstić information content (AvgIpc) is 2.63. The lowest BCUT2D eigenvalue weighted by Crippen LogP contribution is -2.33. The van der Waals surface area contributed by atoms with E-state index < -0.39 is 11.5 Å². The number of benzene rings is 2.